The highest BCUT2D eigenvalue weighted by Gasteiger charge is 2.31. The topological polar surface area (TPSA) is 113 Å². The molecule has 96 valence electrons. The van der Waals surface area contributed by atoms with Gasteiger partial charge in [-0.15, -0.1) is 0 Å². The van der Waals surface area contributed by atoms with E-state index in [1.54, 1.807) is 18.7 Å². The molecule has 0 heterocycles. The molecule has 10 heteroatoms. The first-order chi connectivity index (χ1) is 7.16. The number of hydrogen-bond donors (Lipinski definition) is 3. The zero-order valence-electron chi connectivity index (χ0n) is 8.77. The van der Waals surface area contributed by atoms with Crippen molar-refractivity contribution in [2.24, 2.45) is 0 Å². The first-order valence-corrected chi connectivity index (χ1v) is 8.47. The predicted octanol–water partition coefficient (Wildman–Crippen LogP) is 1.52. The van der Waals surface area contributed by atoms with Gasteiger partial charge in [-0.25, -0.2) is 9.13 Å². The Morgan fingerprint density at radius 1 is 1.38 bits per heavy atom. The van der Waals surface area contributed by atoms with Gasteiger partial charge in [0.05, 0.1) is 6.61 Å². The standard InChI is InChI=1S/C6H14O7P2S/c1-6(5-16-2)3-4-12-15(10,11)13-14(7,8)9/h3H,4-5H2,1-2H3,(H,10,11)(H2,7,8,9). The average molecular weight is 292 g/mol. The lowest BCUT2D eigenvalue weighted by Gasteiger charge is -2.11. The van der Waals surface area contributed by atoms with E-state index < -0.39 is 15.6 Å². The molecule has 0 bridgehead atoms. The molecule has 0 aliphatic carbocycles. The largest absolute Gasteiger partial charge is 0.481 e. The van der Waals surface area contributed by atoms with Crippen LogP contribution in [0.25, 0.3) is 0 Å². The minimum absolute atomic E-state index is 0.250. The highest BCUT2D eigenvalue weighted by atomic mass is 32.2. The van der Waals surface area contributed by atoms with Crippen molar-refractivity contribution in [2.75, 3.05) is 18.6 Å². The van der Waals surface area contributed by atoms with Crippen molar-refractivity contribution in [3.05, 3.63) is 11.6 Å². The van der Waals surface area contributed by atoms with Gasteiger partial charge in [0.25, 0.3) is 0 Å². The molecule has 0 aliphatic heterocycles. The molecule has 0 aromatic carbocycles. The van der Waals surface area contributed by atoms with E-state index in [9.17, 15) is 9.13 Å². The van der Waals surface area contributed by atoms with Crippen LogP contribution in [0, 0.1) is 0 Å². The fraction of sp³-hybridized carbons (Fsp3) is 0.667. The molecule has 0 rings (SSSR count). The summed E-state index contributed by atoms with van der Waals surface area (Å²) in [5.41, 5.74) is 0.920. The van der Waals surface area contributed by atoms with Crippen LogP contribution in [0.4, 0.5) is 0 Å². The number of hydrogen-bond acceptors (Lipinski definition) is 5. The zero-order valence-corrected chi connectivity index (χ0v) is 11.4. The third-order valence-corrected chi connectivity index (χ3v) is 4.15. The van der Waals surface area contributed by atoms with Gasteiger partial charge in [0.2, 0.25) is 0 Å². The molecule has 16 heavy (non-hydrogen) atoms. The molecule has 0 spiro atoms. The summed E-state index contributed by atoms with van der Waals surface area (Å²) >= 11 is 1.57. The first-order valence-electron chi connectivity index (χ1n) is 4.05. The van der Waals surface area contributed by atoms with Crippen LogP contribution in [0.5, 0.6) is 0 Å². The maximum Gasteiger partial charge on any atom is 0.481 e. The molecule has 0 saturated carbocycles. The van der Waals surface area contributed by atoms with E-state index in [1.807, 2.05) is 6.26 Å². The van der Waals surface area contributed by atoms with Gasteiger partial charge in [-0.3, -0.25) is 4.52 Å². The molecule has 7 nitrogen and oxygen atoms in total. The summed E-state index contributed by atoms with van der Waals surface area (Å²) in [7, 11) is -9.73. The van der Waals surface area contributed by atoms with Crippen molar-refractivity contribution >= 4 is 27.4 Å². The summed E-state index contributed by atoms with van der Waals surface area (Å²) in [5, 5.41) is 0. The van der Waals surface area contributed by atoms with E-state index in [0.717, 1.165) is 11.3 Å². The minimum atomic E-state index is -5.03. The Bertz CT molecular complexity index is 336. The Hall–Kier alpha value is 0.350. The number of phosphoric acid groups is 2. The van der Waals surface area contributed by atoms with Crippen LogP contribution in [0.15, 0.2) is 11.6 Å². The van der Waals surface area contributed by atoms with Crippen LogP contribution in [0.3, 0.4) is 0 Å². The van der Waals surface area contributed by atoms with E-state index in [2.05, 4.69) is 8.83 Å². The monoisotopic (exact) mass is 292 g/mol. The Labute approximate surface area is 97.7 Å². The van der Waals surface area contributed by atoms with Crippen LogP contribution in [-0.4, -0.2) is 33.3 Å². The highest BCUT2D eigenvalue weighted by Crippen LogP contribution is 2.57. The minimum Gasteiger partial charge on any atom is -0.302 e. The smallest absolute Gasteiger partial charge is 0.302 e. The predicted molar refractivity (Wildman–Crippen MR) is 61.0 cm³/mol. The van der Waals surface area contributed by atoms with Crippen molar-refractivity contribution < 1.29 is 32.6 Å². The molecular formula is C6H14O7P2S. The Balaban J connectivity index is 4.15. The molecular weight excluding hydrogens is 278 g/mol. The van der Waals surface area contributed by atoms with Crippen molar-refractivity contribution in [3.63, 3.8) is 0 Å². The molecule has 0 radical (unpaired) electrons. The molecule has 0 aromatic heterocycles. The molecule has 1 atom stereocenters. The molecule has 0 fully saturated rings. The van der Waals surface area contributed by atoms with E-state index in [1.165, 1.54) is 6.08 Å². The van der Waals surface area contributed by atoms with Gasteiger partial charge in [-0.1, -0.05) is 11.6 Å². The van der Waals surface area contributed by atoms with Gasteiger partial charge in [0.1, 0.15) is 0 Å². The molecule has 0 amide bonds. The lowest BCUT2D eigenvalue weighted by atomic mass is 10.3. The van der Waals surface area contributed by atoms with Crippen LogP contribution in [-0.2, 0) is 18.0 Å². The quantitative estimate of drug-likeness (QED) is 0.478. The summed E-state index contributed by atoms with van der Waals surface area (Å²) in [4.78, 5) is 25.5. The van der Waals surface area contributed by atoms with Gasteiger partial charge >= 0.3 is 15.6 Å². The molecule has 1 unspecified atom stereocenters. The zero-order chi connectivity index (χ0) is 12.8. The lowest BCUT2D eigenvalue weighted by molar-refractivity contribution is 0.191. The van der Waals surface area contributed by atoms with Gasteiger partial charge in [0, 0.05) is 5.75 Å². The van der Waals surface area contributed by atoms with Crippen molar-refractivity contribution in [2.45, 2.75) is 6.92 Å². The van der Waals surface area contributed by atoms with Gasteiger partial charge in [-0.2, -0.15) is 16.1 Å². The Morgan fingerprint density at radius 3 is 2.38 bits per heavy atom. The second-order valence-corrected chi connectivity index (χ2v) is 6.52. The van der Waals surface area contributed by atoms with Crippen molar-refractivity contribution in [1.29, 1.82) is 0 Å². The fourth-order valence-corrected chi connectivity index (χ4v) is 2.82. The highest BCUT2D eigenvalue weighted by molar-refractivity contribution is 7.98. The van der Waals surface area contributed by atoms with Crippen LogP contribution >= 0.6 is 27.4 Å². The number of rotatable bonds is 7. The molecule has 3 N–H and O–H groups in total. The maximum absolute atomic E-state index is 11.0. The normalized spacial score (nSPS) is 17.2. The third kappa shape index (κ3) is 9.57. The second-order valence-electron chi connectivity index (χ2n) is 2.82. The van der Waals surface area contributed by atoms with Crippen LogP contribution < -0.4 is 0 Å². The van der Waals surface area contributed by atoms with Gasteiger partial charge < -0.3 is 14.7 Å². The number of thioether (sulfide) groups is 1. The summed E-state index contributed by atoms with van der Waals surface area (Å²) in [6, 6.07) is 0. The Kier molecular flexibility index (Phi) is 7.09. The fourth-order valence-electron chi connectivity index (χ4n) is 0.718. The SMILES string of the molecule is CSCC(C)=CCOP(=O)(O)OP(=O)(O)O. The van der Waals surface area contributed by atoms with Crippen LogP contribution in [0.1, 0.15) is 6.92 Å². The third-order valence-electron chi connectivity index (χ3n) is 1.25. The van der Waals surface area contributed by atoms with Crippen molar-refractivity contribution in [1.82, 2.24) is 0 Å². The van der Waals surface area contributed by atoms with E-state index in [0.29, 0.717) is 0 Å². The summed E-state index contributed by atoms with van der Waals surface area (Å²) < 4.78 is 29.2. The molecule has 0 aliphatic rings. The maximum atomic E-state index is 11.0. The number of phosphoric ester groups is 1. The van der Waals surface area contributed by atoms with Crippen molar-refractivity contribution in [3.8, 4) is 0 Å². The summed E-state index contributed by atoms with van der Waals surface area (Å²) in [6.07, 6.45) is 3.43. The lowest BCUT2D eigenvalue weighted by Crippen LogP contribution is -1.95. The van der Waals surface area contributed by atoms with Crippen LogP contribution in [0.2, 0.25) is 0 Å². The molecule has 0 aromatic rings. The first kappa shape index (κ1) is 16.4. The second kappa shape index (κ2) is 6.93. The van der Waals surface area contributed by atoms with E-state index >= 15 is 0 Å². The summed E-state index contributed by atoms with van der Waals surface area (Å²) in [5.74, 6) is 0.735. The summed E-state index contributed by atoms with van der Waals surface area (Å²) in [6.45, 7) is 1.55. The van der Waals surface area contributed by atoms with Gasteiger partial charge in [-0.05, 0) is 13.2 Å². The van der Waals surface area contributed by atoms with E-state index in [4.69, 9.17) is 14.7 Å². The molecule has 0 saturated heterocycles. The van der Waals surface area contributed by atoms with E-state index in [-0.39, 0.29) is 6.61 Å². The van der Waals surface area contributed by atoms with Gasteiger partial charge in [0.15, 0.2) is 0 Å². The Morgan fingerprint density at radius 2 is 1.94 bits per heavy atom. The average Bonchev–Trinajstić information content (AvgIpc) is 1.98.